The Morgan fingerprint density at radius 1 is 0.907 bits per heavy atom. The van der Waals surface area contributed by atoms with Crippen molar-refractivity contribution in [1.82, 2.24) is 4.90 Å². The molecule has 0 aliphatic carbocycles. The van der Waals surface area contributed by atoms with Crippen LogP contribution in [0.2, 0.25) is 0 Å². The normalized spacial score (nSPS) is 23.0. The molecule has 214 valence electrons. The van der Waals surface area contributed by atoms with Gasteiger partial charge >= 0.3 is 0 Å². The maximum Gasteiger partial charge on any atom is 0.238 e. The van der Waals surface area contributed by atoms with Gasteiger partial charge < -0.3 is 15.0 Å². The largest absolute Gasteiger partial charge is 0.493 e. The van der Waals surface area contributed by atoms with Crippen LogP contribution in [0, 0.1) is 11.7 Å². The number of anilines is 1. The molecule has 1 saturated heterocycles. The SMILES string of the molecule is CCCOc1ccccc1C(=O)[C@@H]1[C@H](C(=O)c2ccc(F)cc2)[C@@]2(C(=O)Nc3ccccc32)[C@H]2c3ccccc3C=CN12. The number of carbonyl (C=O) groups is 3. The van der Waals surface area contributed by atoms with Crippen molar-refractivity contribution in [3.8, 4) is 5.75 Å². The zero-order chi connectivity index (χ0) is 29.7. The smallest absolute Gasteiger partial charge is 0.238 e. The van der Waals surface area contributed by atoms with E-state index in [-0.39, 0.29) is 17.3 Å². The van der Waals surface area contributed by atoms with Crippen molar-refractivity contribution in [3.63, 3.8) is 0 Å². The number of rotatable bonds is 7. The number of Topliss-reactive ketones (excluding diaryl/α,β-unsaturated/α-hetero) is 2. The van der Waals surface area contributed by atoms with Crippen LogP contribution in [0.15, 0.2) is 103 Å². The number of ketones is 2. The molecule has 3 heterocycles. The molecule has 1 fully saturated rings. The van der Waals surface area contributed by atoms with Crippen molar-refractivity contribution in [1.29, 1.82) is 0 Å². The molecule has 3 aliphatic heterocycles. The molecule has 0 radical (unpaired) electrons. The monoisotopic (exact) mass is 572 g/mol. The van der Waals surface area contributed by atoms with Gasteiger partial charge in [0.25, 0.3) is 0 Å². The molecule has 4 aromatic carbocycles. The van der Waals surface area contributed by atoms with Gasteiger partial charge in [0.15, 0.2) is 11.6 Å². The predicted octanol–water partition coefficient (Wildman–Crippen LogP) is 6.60. The summed E-state index contributed by atoms with van der Waals surface area (Å²) in [4.78, 5) is 46.1. The number of hydrogen-bond donors (Lipinski definition) is 1. The average Bonchev–Trinajstić information content (AvgIpc) is 3.52. The van der Waals surface area contributed by atoms with E-state index in [0.29, 0.717) is 29.2 Å². The number of nitrogens with zero attached hydrogens (tertiary/aromatic N) is 1. The molecular weight excluding hydrogens is 543 g/mol. The molecule has 43 heavy (non-hydrogen) atoms. The van der Waals surface area contributed by atoms with Crippen LogP contribution in [0.4, 0.5) is 10.1 Å². The highest BCUT2D eigenvalue weighted by Gasteiger charge is 2.70. The van der Waals surface area contributed by atoms with Crippen LogP contribution in [0.5, 0.6) is 5.75 Å². The van der Waals surface area contributed by atoms with Gasteiger partial charge in [0.2, 0.25) is 5.91 Å². The second kappa shape index (κ2) is 10.3. The lowest BCUT2D eigenvalue weighted by Gasteiger charge is -2.38. The minimum absolute atomic E-state index is 0.230. The standard InChI is InChI=1S/C36H29FN2O4/c1-2-21-43-29-14-8-5-11-26(29)33(41)31-30(32(40)23-15-17-24(37)18-16-23)36(27-12-6-7-13-28(27)38-35(36)42)34-25-10-4-3-9-22(25)19-20-39(31)34/h3-20,30-31,34H,2,21H2,1H3,(H,38,42)/t30-,31+,34-,36-/m1/s1. The molecule has 6 nitrogen and oxygen atoms in total. The molecule has 4 atom stereocenters. The Labute approximate surface area is 248 Å². The van der Waals surface area contributed by atoms with E-state index in [1.54, 1.807) is 24.3 Å². The molecule has 0 saturated carbocycles. The van der Waals surface area contributed by atoms with Crippen molar-refractivity contribution in [2.24, 2.45) is 5.92 Å². The number of amides is 1. The Balaban J connectivity index is 1.51. The van der Waals surface area contributed by atoms with Crippen LogP contribution in [-0.4, -0.2) is 35.0 Å². The Morgan fingerprint density at radius 2 is 1.63 bits per heavy atom. The van der Waals surface area contributed by atoms with Gasteiger partial charge in [0.1, 0.15) is 23.0 Å². The summed E-state index contributed by atoms with van der Waals surface area (Å²) < 4.78 is 20.0. The lowest BCUT2D eigenvalue weighted by atomic mass is 9.62. The molecule has 1 amide bonds. The van der Waals surface area contributed by atoms with E-state index in [2.05, 4.69) is 5.32 Å². The van der Waals surface area contributed by atoms with Gasteiger partial charge in [-0.05, 0) is 71.7 Å². The fraction of sp³-hybridized carbons (Fsp3) is 0.194. The summed E-state index contributed by atoms with van der Waals surface area (Å²) in [5.74, 6) is -2.27. The third-order valence-corrected chi connectivity index (χ3v) is 8.86. The number of nitrogens with one attached hydrogen (secondary N) is 1. The second-order valence-electron chi connectivity index (χ2n) is 11.2. The zero-order valence-corrected chi connectivity index (χ0v) is 23.5. The third kappa shape index (κ3) is 3.95. The number of halogens is 1. The van der Waals surface area contributed by atoms with Gasteiger partial charge in [0.05, 0.1) is 24.1 Å². The van der Waals surface area contributed by atoms with Crippen molar-refractivity contribution in [2.75, 3.05) is 11.9 Å². The second-order valence-corrected chi connectivity index (χ2v) is 11.2. The highest BCUT2D eigenvalue weighted by Crippen LogP contribution is 2.62. The summed E-state index contributed by atoms with van der Waals surface area (Å²) in [7, 11) is 0. The van der Waals surface area contributed by atoms with E-state index < -0.39 is 35.0 Å². The van der Waals surface area contributed by atoms with Gasteiger partial charge in [-0.25, -0.2) is 4.39 Å². The van der Waals surface area contributed by atoms with Gasteiger partial charge in [-0.15, -0.1) is 0 Å². The Hall–Kier alpha value is -5.04. The van der Waals surface area contributed by atoms with Crippen LogP contribution in [-0.2, 0) is 10.2 Å². The number of benzene rings is 4. The highest BCUT2D eigenvalue weighted by atomic mass is 19.1. The van der Waals surface area contributed by atoms with E-state index >= 15 is 0 Å². The summed E-state index contributed by atoms with van der Waals surface area (Å²) in [6.07, 6.45) is 4.51. The molecule has 0 bridgehead atoms. The van der Waals surface area contributed by atoms with Gasteiger partial charge in [-0.2, -0.15) is 0 Å². The van der Waals surface area contributed by atoms with Crippen LogP contribution < -0.4 is 10.1 Å². The van der Waals surface area contributed by atoms with Crippen LogP contribution >= 0.6 is 0 Å². The molecule has 7 heteroatoms. The molecule has 1 spiro atoms. The first kappa shape index (κ1) is 26.8. The van der Waals surface area contributed by atoms with Gasteiger partial charge in [-0.1, -0.05) is 61.5 Å². The molecule has 0 unspecified atom stereocenters. The first-order chi connectivity index (χ1) is 21.0. The number of hydrogen-bond acceptors (Lipinski definition) is 5. The van der Waals surface area contributed by atoms with Gasteiger partial charge in [0, 0.05) is 17.5 Å². The molecular formula is C36H29FN2O4. The van der Waals surface area contributed by atoms with Crippen molar-refractivity contribution in [2.45, 2.75) is 30.8 Å². The quantitative estimate of drug-likeness (QED) is 0.253. The third-order valence-electron chi connectivity index (χ3n) is 8.86. The number of carbonyl (C=O) groups excluding carboxylic acids is 3. The molecule has 0 aromatic heterocycles. The Kier molecular flexibility index (Phi) is 6.46. The predicted molar refractivity (Wildman–Crippen MR) is 161 cm³/mol. The first-order valence-corrected chi connectivity index (χ1v) is 14.5. The zero-order valence-electron chi connectivity index (χ0n) is 23.5. The van der Waals surface area contributed by atoms with Crippen LogP contribution in [0.25, 0.3) is 6.08 Å². The van der Waals surface area contributed by atoms with Crippen molar-refractivity contribution in [3.05, 3.63) is 137 Å². The lowest BCUT2D eigenvalue weighted by Crippen LogP contribution is -2.49. The number of fused-ring (bicyclic) bond motifs is 6. The number of ether oxygens (including phenoxy) is 1. The van der Waals surface area contributed by atoms with E-state index in [0.717, 1.165) is 17.5 Å². The van der Waals surface area contributed by atoms with E-state index in [1.807, 2.05) is 72.6 Å². The van der Waals surface area contributed by atoms with E-state index in [1.165, 1.54) is 24.3 Å². The molecule has 3 aliphatic rings. The summed E-state index contributed by atoms with van der Waals surface area (Å²) in [6.45, 7) is 2.41. The molecule has 4 aromatic rings. The summed E-state index contributed by atoms with van der Waals surface area (Å²) in [5.41, 5.74) is 2.14. The maximum absolute atomic E-state index is 14.9. The van der Waals surface area contributed by atoms with Crippen molar-refractivity contribution < 1.29 is 23.5 Å². The number of para-hydroxylation sites is 2. The summed E-state index contributed by atoms with van der Waals surface area (Å²) >= 11 is 0. The van der Waals surface area contributed by atoms with E-state index in [9.17, 15) is 18.8 Å². The average molecular weight is 573 g/mol. The fourth-order valence-corrected chi connectivity index (χ4v) is 7.13. The highest BCUT2D eigenvalue weighted by molar-refractivity contribution is 6.17. The topological polar surface area (TPSA) is 75.7 Å². The summed E-state index contributed by atoms with van der Waals surface area (Å²) in [6, 6.07) is 25.7. The Morgan fingerprint density at radius 3 is 2.44 bits per heavy atom. The Bertz CT molecular complexity index is 1800. The van der Waals surface area contributed by atoms with Gasteiger partial charge in [-0.3, -0.25) is 14.4 Å². The van der Waals surface area contributed by atoms with Crippen LogP contribution in [0.1, 0.15) is 56.8 Å². The summed E-state index contributed by atoms with van der Waals surface area (Å²) in [5, 5.41) is 3.04. The minimum atomic E-state index is -1.46. The van der Waals surface area contributed by atoms with Crippen molar-refractivity contribution >= 4 is 29.2 Å². The van der Waals surface area contributed by atoms with E-state index in [4.69, 9.17) is 4.74 Å². The lowest BCUT2D eigenvalue weighted by molar-refractivity contribution is -0.122. The fourth-order valence-electron chi connectivity index (χ4n) is 7.13. The maximum atomic E-state index is 14.9. The molecule has 1 N–H and O–H groups in total. The minimum Gasteiger partial charge on any atom is -0.493 e. The molecule has 7 rings (SSSR count). The van der Waals surface area contributed by atoms with Crippen LogP contribution in [0.3, 0.4) is 0 Å². The first-order valence-electron chi connectivity index (χ1n) is 14.5.